The van der Waals surface area contributed by atoms with Crippen molar-refractivity contribution in [3.63, 3.8) is 0 Å². The smallest absolute Gasteiger partial charge is 0.399 e. The molecule has 0 saturated carbocycles. The first-order valence-corrected chi connectivity index (χ1v) is 7.32. The number of hydrogen-bond acceptors (Lipinski definition) is 2. The van der Waals surface area contributed by atoms with Gasteiger partial charge in [-0.05, 0) is 30.2 Å². The molecule has 3 nitrogen and oxygen atoms in total. The van der Waals surface area contributed by atoms with Crippen molar-refractivity contribution in [2.45, 2.75) is 37.7 Å². The molecular formula is C15H11F10N3. The maximum atomic E-state index is 13.8. The normalized spacial score (nSPS) is 13.8. The minimum absolute atomic E-state index is 0.00389. The predicted molar refractivity (Wildman–Crippen MR) is 76.8 cm³/mol. The van der Waals surface area contributed by atoms with Crippen LogP contribution >= 0.6 is 0 Å². The highest BCUT2D eigenvalue weighted by atomic mass is 19.4. The van der Waals surface area contributed by atoms with E-state index in [4.69, 9.17) is 5.73 Å². The fourth-order valence-electron chi connectivity index (χ4n) is 2.27. The van der Waals surface area contributed by atoms with Crippen LogP contribution in [0.25, 0.3) is 0 Å². The van der Waals surface area contributed by atoms with Gasteiger partial charge in [0, 0.05) is 5.69 Å². The van der Waals surface area contributed by atoms with Gasteiger partial charge < -0.3 is 5.73 Å². The van der Waals surface area contributed by atoms with Crippen molar-refractivity contribution < 1.29 is 43.9 Å². The largest absolute Gasteiger partial charge is 0.459 e. The van der Waals surface area contributed by atoms with E-state index < -0.39 is 48.2 Å². The maximum Gasteiger partial charge on any atom is 0.459 e. The van der Waals surface area contributed by atoms with Gasteiger partial charge in [0.2, 0.25) is 0 Å². The molecule has 0 fully saturated rings. The number of nitrogens with two attached hydrogens (primary N) is 1. The van der Waals surface area contributed by atoms with Crippen molar-refractivity contribution in [2.24, 2.45) is 0 Å². The van der Waals surface area contributed by atoms with Crippen LogP contribution in [0, 0.1) is 6.92 Å². The van der Waals surface area contributed by atoms with Gasteiger partial charge in [-0.3, -0.25) is 4.68 Å². The average Bonchev–Trinajstić information content (AvgIpc) is 2.95. The molecule has 13 heteroatoms. The quantitative estimate of drug-likeness (QED) is 0.548. The Bertz CT molecular complexity index is 864. The van der Waals surface area contributed by atoms with Crippen molar-refractivity contribution in [3.05, 3.63) is 46.8 Å². The second kappa shape index (κ2) is 6.55. The first-order valence-electron chi connectivity index (χ1n) is 7.32. The van der Waals surface area contributed by atoms with Crippen molar-refractivity contribution in [1.82, 2.24) is 9.78 Å². The fourth-order valence-corrected chi connectivity index (χ4v) is 2.27. The Hall–Kier alpha value is -2.47. The van der Waals surface area contributed by atoms with Gasteiger partial charge in [0.15, 0.2) is 0 Å². The number of benzene rings is 1. The van der Waals surface area contributed by atoms with Gasteiger partial charge >= 0.3 is 24.2 Å². The van der Waals surface area contributed by atoms with Gasteiger partial charge in [0.05, 0.1) is 6.54 Å². The molecular weight excluding hydrogens is 412 g/mol. The van der Waals surface area contributed by atoms with Crippen molar-refractivity contribution in [3.8, 4) is 0 Å². The monoisotopic (exact) mass is 423 g/mol. The topological polar surface area (TPSA) is 43.8 Å². The van der Waals surface area contributed by atoms with Crippen LogP contribution in [0.2, 0.25) is 0 Å². The van der Waals surface area contributed by atoms with Crippen LogP contribution in [0.1, 0.15) is 22.5 Å². The van der Waals surface area contributed by atoms with Gasteiger partial charge in [-0.25, -0.2) is 0 Å². The third-order valence-electron chi connectivity index (χ3n) is 3.94. The van der Waals surface area contributed by atoms with E-state index >= 15 is 0 Å². The first-order chi connectivity index (χ1) is 12.5. The van der Waals surface area contributed by atoms with E-state index in [2.05, 4.69) is 5.10 Å². The number of hydrogen-bond donors (Lipinski definition) is 1. The highest BCUT2D eigenvalue weighted by Gasteiger charge is 2.64. The molecule has 2 N–H and O–H groups in total. The standard InChI is InChI=1S/C15H11F10N3/c1-7-8(3-2-4-9(7)26)6-28-11(13(18,19)15(23,24)25)5-10(27-28)12(16,17)14(20,21)22/h2-5H,6,26H2,1H3. The zero-order chi connectivity index (χ0) is 21.7. The average molecular weight is 423 g/mol. The first kappa shape index (κ1) is 21.8. The van der Waals surface area contributed by atoms with E-state index in [1.807, 2.05) is 0 Å². The Morgan fingerprint density at radius 1 is 0.893 bits per heavy atom. The fraction of sp³-hybridized carbons (Fsp3) is 0.400. The van der Waals surface area contributed by atoms with Gasteiger partial charge in [0.25, 0.3) is 0 Å². The maximum absolute atomic E-state index is 13.8. The summed E-state index contributed by atoms with van der Waals surface area (Å²) >= 11 is 0. The van der Waals surface area contributed by atoms with E-state index in [9.17, 15) is 43.9 Å². The Morgan fingerprint density at radius 2 is 1.43 bits per heavy atom. The molecule has 2 aromatic rings. The lowest BCUT2D eigenvalue weighted by Gasteiger charge is -2.21. The molecule has 0 aliphatic rings. The number of alkyl halides is 10. The number of aromatic nitrogens is 2. The number of nitrogen functional groups attached to an aromatic ring is 1. The lowest BCUT2D eigenvalue weighted by molar-refractivity contribution is -0.292. The Labute approximate surface area is 150 Å². The van der Waals surface area contributed by atoms with E-state index in [0.717, 1.165) is 0 Å². The molecule has 0 amide bonds. The van der Waals surface area contributed by atoms with E-state index in [1.54, 1.807) is 0 Å². The SMILES string of the molecule is Cc1c(N)cccc1Cn1nc(C(F)(F)C(F)(F)F)cc1C(F)(F)C(F)(F)F. The van der Waals surface area contributed by atoms with E-state index in [-0.39, 0.29) is 21.5 Å². The predicted octanol–water partition coefficient (Wildman–Crippen LogP) is 5.13. The molecule has 0 aliphatic carbocycles. The summed E-state index contributed by atoms with van der Waals surface area (Å²) in [4.78, 5) is 0. The van der Waals surface area contributed by atoms with Crippen LogP contribution in [0.5, 0.6) is 0 Å². The van der Waals surface area contributed by atoms with E-state index in [0.29, 0.717) is 0 Å². The summed E-state index contributed by atoms with van der Waals surface area (Å²) < 4.78 is 130. The summed E-state index contributed by atoms with van der Waals surface area (Å²) in [6.45, 7) is 0.423. The third kappa shape index (κ3) is 3.61. The molecule has 0 bridgehead atoms. The Kier molecular flexibility index (Phi) is 5.11. The molecule has 28 heavy (non-hydrogen) atoms. The highest BCUT2D eigenvalue weighted by Crippen LogP contribution is 2.48. The van der Waals surface area contributed by atoms with Crippen LogP contribution < -0.4 is 5.73 Å². The third-order valence-corrected chi connectivity index (χ3v) is 3.94. The van der Waals surface area contributed by atoms with Crippen LogP contribution in [-0.2, 0) is 18.4 Å². The van der Waals surface area contributed by atoms with Crippen molar-refractivity contribution >= 4 is 5.69 Å². The molecule has 1 heterocycles. The number of rotatable bonds is 4. The number of halogens is 10. The van der Waals surface area contributed by atoms with Crippen LogP contribution in [0.3, 0.4) is 0 Å². The Morgan fingerprint density at radius 3 is 1.93 bits per heavy atom. The molecule has 0 unspecified atom stereocenters. The number of anilines is 1. The van der Waals surface area contributed by atoms with Gasteiger partial charge in [-0.15, -0.1) is 0 Å². The summed E-state index contributed by atoms with van der Waals surface area (Å²) in [5, 5.41) is 2.72. The number of nitrogens with zero attached hydrogens (tertiary/aromatic N) is 2. The van der Waals surface area contributed by atoms with Gasteiger partial charge in [-0.1, -0.05) is 12.1 Å². The molecule has 0 atom stereocenters. The molecule has 2 rings (SSSR count). The van der Waals surface area contributed by atoms with E-state index in [1.165, 1.54) is 25.1 Å². The lowest BCUT2D eigenvalue weighted by atomic mass is 10.1. The summed E-state index contributed by atoms with van der Waals surface area (Å²) in [7, 11) is 0. The van der Waals surface area contributed by atoms with Crippen LogP contribution in [-0.4, -0.2) is 22.1 Å². The zero-order valence-electron chi connectivity index (χ0n) is 13.8. The second-order valence-electron chi connectivity index (χ2n) is 5.85. The molecule has 0 radical (unpaired) electrons. The second-order valence-corrected chi connectivity index (χ2v) is 5.85. The van der Waals surface area contributed by atoms with Crippen molar-refractivity contribution in [1.29, 1.82) is 0 Å². The molecule has 0 aliphatic heterocycles. The van der Waals surface area contributed by atoms with Crippen molar-refractivity contribution in [2.75, 3.05) is 5.73 Å². The zero-order valence-corrected chi connectivity index (χ0v) is 13.8. The van der Waals surface area contributed by atoms with Gasteiger partial charge in [-0.2, -0.15) is 49.0 Å². The van der Waals surface area contributed by atoms with Crippen LogP contribution in [0.15, 0.2) is 24.3 Å². The summed E-state index contributed by atoms with van der Waals surface area (Å²) in [5.74, 6) is -11.5. The summed E-state index contributed by atoms with van der Waals surface area (Å²) in [6, 6.07) is 3.30. The lowest BCUT2D eigenvalue weighted by Crippen LogP contribution is -2.36. The molecule has 156 valence electrons. The summed E-state index contributed by atoms with van der Waals surface area (Å²) in [5.41, 5.74) is 1.46. The molecule has 0 spiro atoms. The minimum atomic E-state index is -6.25. The highest BCUT2D eigenvalue weighted by molar-refractivity contribution is 5.50. The molecule has 1 aromatic carbocycles. The van der Waals surface area contributed by atoms with Crippen LogP contribution in [0.4, 0.5) is 49.6 Å². The molecule has 1 aromatic heterocycles. The Balaban J connectivity index is 2.68. The van der Waals surface area contributed by atoms with Gasteiger partial charge in [0.1, 0.15) is 11.4 Å². The molecule has 0 saturated heterocycles. The minimum Gasteiger partial charge on any atom is -0.399 e. The summed E-state index contributed by atoms with van der Waals surface area (Å²) in [6.07, 6.45) is -12.5.